The van der Waals surface area contributed by atoms with Crippen LogP contribution in [0.25, 0.3) is 0 Å². The molecule has 0 spiro atoms. The molecule has 1 fully saturated rings. The monoisotopic (exact) mass is 159 g/mol. The van der Waals surface area contributed by atoms with Crippen LogP contribution in [0.5, 0.6) is 0 Å². The molecule has 10 heavy (non-hydrogen) atoms. The quantitative estimate of drug-likeness (QED) is 0.500. The molecular weight excluding hydrogens is 142 g/mol. The third-order valence-corrected chi connectivity index (χ3v) is 3.08. The highest BCUT2D eigenvalue weighted by Gasteiger charge is 2.16. The van der Waals surface area contributed by atoms with Crippen molar-refractivity contribution in [1.82, 2.24) is 4.90 Å². The van der Waals surface area contributed by atoms with Crippen molar-refractivity contribution < 1.29 is 4.74 Å². The standard InChI is InChI=1S/C7H17NOSi/c1-2-3-8-4-5-9-6-7(8)10/h7H,2-6H2,1,10H3. The fraction of sp³-hybridized carbons (Fsp3) is 1.00. The molecule has 3 heteroatoms. The Kier molecular flexibility index (Phi) is 3.38. The molecule has 0 bridgehead atoms. The van der Waals surface area contributed by atoms with Gasteiger partial charge in [-0.05, 0) is 13.0 Å². The van der Waals surface area contributed by atoms with Gasteiger partial charge in [-0.1, -0.05) is 6.92 Å². The summed E-state index contributed by atoms with van der Waals surface area (Å²) in [6, 6.07) is 0. The molecule has 1 atom stereocenters. The second kappa shape index (κ2) is 4.11. The van der Waals surface area contributed by atoms with Gasteiger partial charge in [0.2, 0.25) is 0 Å². The summed E-state index contributed by atoms with van der Waals surface area (Å²) < 4.78 is 5.35. The van der Waals surface area contributed by atoms with Crippen molar-refractivity contribution in [3.63, 3.8) is 0 Å². The third-order valence-electron chi connectivity index (χ3n) is 2.02. The van der Waals surface area contributed by atoms with Crippen LogP contribution in [0.3, 0.4) is 0 Å². The number of hydrogen-bond donors (Lipinski definition) is 0. The minimum atomic E-state index is 0.772. The van der Waals surface area contributed by atoms with E-state index >= 15 is 0 Å². The van der Waals surface area contributed by atoms with Crippen LogP contribution in [0.2, 0.25) is 0 Å². The molecule has 1 saturated heterocycles. The van der Waals surface area contributed by atoms with E-state index in [2.05, 4.69) is 11.8 Å². The van der Waals surface area contributed by atoms with Gasteiger partial charge in [-0.3, -0.25) is 4.90 Å². The minimum absolute atomic E-state index is 0.772. The van der Waals surface area contributed by atoms with E-state index in [0.717, 1.165) is 25.4 Å². The summed E-state index contributed by atoms with van der Waals surface area (Å²) >= 11 is 0. The normalized spacial score (nSPS) is 29.1. The maximum absolute atomic E-state index is 5.35. The smallest absolute Gasteiger partial charge is 0.0594 e. The molecule has 0 amide bonds. The van der Waals surface area contributed by atoms with Crippen molar-refractivity contribution in [2.45, 2.75) is 19.0 Å². The second-order valence-corrected chi connectivity index (χ2v) is 4.29. The molecule has 0 aromatic carbocycles. The van der Waals surface area contributed by atoms with Crippen LogP contribution in [0.1, 0.15) is 13.3 Å². The summed E-state index contributed by atoms with van der Waals surface area (Å²) in [6.07, 6.45) is 1.28. The zero-order chi connectivity index (χ0) is 7.40. The highest BCUT2D eigenvalue weighted by atomic mass is 28.1. The maximum atomic E-state index is 5.35. The number of nitrogens with zero attached hydrogens (tertiary/aromatic N) is 1. The molecular formula is C7H17NOSi. The summed E-state index contributed by atoms with van der Waals surface area (Å²) in [5.74, 6) is 0. The lowest BCUT2D eigenvalue weighted by molar-refractivity contribution is 0.0220. The number of hydrogen-bond acceptors (Lipinski definition) is 2. The van der Waals surface area contributed by atoms with Crippen molar-refractivity contribution in [2.75, 3.05) is 26.3 Å². The van der Waals surface area contributed by atoms with Gasteiger partial charge in [0.05, 0.1) is 13.2 Å². The molecule has 1 rings (SSSR count). The van der Waals surface area contributed by atoms with Gasteiger partial charge in [-0.15, -0.1) is 0 Å². The first-order chi connectivity index (χ1) is 4.84. The van der Waals surface area contributed by atoms with E-state index in [1.165, 1.54) is 23.2 Å². The molecule has 1 aliphatic rings. The lowest BCUT2D eigenvalue weighted by atomic mass is 10.3. The van der Waals surface area contributed by atoms with Gasteiger partial charge in [0.15, 0.2) is 0 Å². The molecule has 0 saturated carbocycles. The van der Waals surface area contributed by atoms with E-state index in [0.29, 0.717) is 0 Å². The molecule has 1 aliphatic heterocycles. The predicted octanol–water partition coefficient (Wildman–Crippen LogP) is -0.580. The van der Waals surface area contributed by atoms with Gasteiger partial charge in [0.1, 0.15) is 0 Å². The van der Waals surface area contributed by atoms with Gasteiger partial charge >= 0.3 is 0 Å². The van der Waals surface area contributed by atoms with Crippen molar-refractivity contribution in [1.29, 1.82) is 0 Å². The first-order valence-corrected chi connectivity index (χ1v) is 5.32. The molecule has 60 valence electrons. The Morgan fingerprint density at radius 1 is 1.70 bits per heavy atom. The van der Waals surface area contributed by atoms with Crippen molar-refractivity contribution >= 4 is 10.2 Å². The minimum Gasteiger partial charge on any atom is -0.379 e. The van der Waals surface area contributed by atoms with E-state index in [-0.39, 0.29) is 0 Å². The van der Waals surface area contributed by atoms with E-state index in [1.54, 1.807) is 0 Å². The summed E-state index contributed by atoms with van der Waals surface area (Å²) in [5, 5.41) is 0. The van der Waals surface area contributed by atoms with E-state index < -0.39 is 0 Å². The highest BCUT2D eigenvalue weighted by Crippen LogP contribution is 2.03. The van der Waals surface area contributed by atoms with Gasteiger partial charge in [-0.2, -0.15) is 0 Å². The molecule has 0 aromatic rings. The van der Waals surface area contributed by atoms with E-state index in [4.69, 9.17) is 4.74 Å². The largest absolute Gasteiger partial charge is 0.379 e. The van der Waals surface area contributed by atoms with Crippen LogP contribution in [-0.4, -0.2) is 47.1 Å². The fourth-order valence-electron chi connectivity index (χ4n) is 1.38. The fourth-order valence-corrected chi connectivity index (χ4v) is 2.13. The van der Waals surface area contributed by atoms with E-state index in [9.17, 15) is 0 Å². The van der Waals surface area contributed by atoms with Crippen molar-refractivity contribution in [3.8, 4) is 0 Å². The Bertz CT molecular complexity index is 97.6. The molecule has 0 aromatic heterocycles. The zero-order valence-corrected chi connectivity index (χ0v) is 8.97. The average molecular weight is 159 g/mol. The van der Waals surface area contributed by atoms with Crippen LogP contribution in [0, 0.1) is 0 Å². The zero-order valence-electron chi connectivity index (χ0n) is 6.97. The topological polar surface area (TPSA) is 12.5 Å². The Balaban J connectivity index is 2.25. The van der Waals surface area contributed by atoms with Crippen LogP contribution < -0.4 is 0 Å². The maximum Gasteiger partial charge on any atom is 0.0594 e. The molecule has 0 N–H and O–H groups in total. The van der Waals surface area contributed by atoms with Crippen molar-refractivity contribution in [3.05, 3.63) is 0 Å². The molecule has 0 aliphatic carbocycles. The Morgan fingerprint density at radius 2 is 2.50 bits per heavy atom. The Morgan fingerprint density at radius 3 is 3.10 bits per heavy atom. The van der Waals surface area contributed by atoms with Gasteiger partial charge < -0.3 is 4.74 Å². The molecule has 1 unspecified atom stereocenters. The Hall–Kier alpha value is 0.137. The highest BCUT2D eigenvalue weighted by molar-refractivity contribution is 6.11. The molecule has 2 nitrogen and oxygen atoms in total. The lowest BCUT2D eigenvalue weighted by Crippen LogP contribution is -2.45. The number of morpholine rings is 1. The van der Waals surface area contributed by atoms with Gasteiger partial charge in [0, 0.05) is 22.5 Å². The summed E-state index contributed by atoms with van der Waals surface area (Å²) in [4.78, 5) is 2.55. The van der Waals surface area contributed by atoms with Crippen LogP contribution in [-0.2, 0) is 4.74 Å². The summed E-state index contributed by atoms with van der Waals surface area (Å²) in [6.45, 7) is 6.58. The summed E-state index contributed by atoms with van der Waals surface area (Å²) in [5.41, 5.74) is 0.772. The number of ether oxygens (including phenoxy) is 1. The lowest BCUT2D eigenvalue weighted by Gasteiger charge is -2.32. The average Bonchev–Trinajstić information content (AvgIpc) is 1.94. The summed E-state index contributed by atoms with van der Waals surface area (Å²) in [7, 11) is 1.25. The van der Waals surface area contributed by atoms with Crippen molar-refractivity contribution in [2.24, 2.45) is 0 Å². The predicted molar refractivity (Wildman–Crippen MR) is 46.4 cm³/mol. The molecule has 1 heterocycles. The van der Waals surface area contributed by atoms with Crippen LogP contribution in [0.15, 0.2) is 0 Å². The second-order valence-electron chi connectivity index (χ2n) is 2.96. The number of rotatable bonds is 2. The SMILES string of the molecule is CCCN1CCOCC1[SiH3]. The van der Waals surface area contributed by atoms with Gasteiger partial charge in [0.25, 0.3) is 0 Å². The van der Waals surface area contributed by atoms with Gasteiger partial charge in [-0.25, -0.2) is 0 Å². The van der Waals surface area contributed by atoms with Crippen LogP contribution in [0.4, 0.5) is 0 Å². The third kappa shape index (κ3) is 2.07. The molecule has 0 radical (unpaired) electrons. The van der Waals surface area contributed by atoms with E-state index in [1.807, 2.05) is 0 Å². The first kappa shape index (κ1) is 8.24. The Labute approximate surface area is 66.0 Å². The first-order valence-electron chi connectivity index (χ1n) is 4.16. The van der Waals surface area contributed by atoms with Crippen LogP contribution >= 0.6 is 0 Å².